The number of ether oxygens (including phenoxy) is 1. The molecule has 0 heterocycles. The molecular formula is C12H16O. The summed E-state index contributed by atoms with van der Waals surface area (Å²) in [5, 5.41) is 0. The van der Waals surface area contributed by atoms with E-state index in [1.54, 1.807) is 0 Å². The van der Waals surface area contributed by atoms with E-state index in [0.717, 1.165) is 17.7 Å². The summed E-state index contributed by atoms with van der Waals surface area (Å²) in [7, 11) is 0. The Kier molecular flexibility index (Phi) is 3.56. The fourth-order valence-electron chi connectivity index (χ4n) is 1.14. The molecule has 1 aromatic carbocycles. The van der Waals surface area contributed by atoms with Crippen LogP contribution >= 0.6 is 0 Å². The van der Waals surface area contributed by atoms with Crippen LogP contribution in [-0.4, -0.2) is 6.61 Å². The smallest absolute Gasteiger partial charge is 0.122 e. The van der Waals surface area contributed by atoms with Crippen LogP contribution in [0.2, 0.25) is 0 Å². The van der Waals surface area contributed by atoms with E-state index >= 15 is 0 Å². The molecular weight excluding hydrogens is 160 g/mol. The molecule has 0 aliphatic rings. The number of para-hydroxylation sites is 1. The van der Waals surface area contributed by atoms with Gasteiger partial charge in [0.2, 0.25) is 0 Å². The van der Waals surface area contributed by atoms with Crippen LogP contribution in [0, 0.1) is 0 Å². The van der Waals surface area contributed by atoms with Crippen LogP contribution < -0.4 is 4.74 Å². The standard InChI is InChI=1S/C12H16O/c1-4-11-7-5-6-8-12(11)13-9-10(2)3/h5-8H,2,4,9H2,1,3H3. The van der Waals surface area contributed by atoms with Gasteiger partial charge < -0.3 is 4.74 Å². The molecule has 0 radical (unpaired) electrons. The fourth-order valence-corrected chi connectivity index (χ4v) is 1.14. The van der Waals surface area contributed by atoms with Crippen molar-refractivity contribution in [3.8, 4) is 5.75 Å². The first-order valence-electron chi connectivity index (χ1n) is 4.59. The highest BCUT2D eigenvalue weighted by atomic mass is 16.5. The molecule has 0 spiro atoms. The zero-order valence-electron chi connectivity index (χ0n) is 8.34. The Morgan fingerprint density at radius 2 is 2.08 bits per heavy atom. The molecule has 1 heteroatoms. The van der Waals surface area contributed by atoms with E-state index in [1.165, 1.54) is 5.56 Å². The molecule has 0 fully saturated rings. The van der Waals surface area contributed by atoms with Crippen LogP contribution in [0.3, 0.4) is 0 Å². The van der Waals surface area contributed by atoms with E-state index < -0.39 is 0 Å². The second kappa shape index (κ2) is 4.70. The Hall–Kier alpha value is -1.24. The zero-order chi connectivity index (χ0) is 9.68. The predicted octanol–water partition coefficient (Wildman–Crippen LogP) is 3.20. The number of rotatable bonds is 4. The van der Waals surface area contributed by atoms with Crippen LogP contribution in [0.5, 0.6) is 5.75 Å². The van der Waals surface area contributed by atoms with Crippen molar-refractivity contribution in [2.24, 2.45) is 0 Å². The molecule has 0 aliphatic heterocycles. The second-order valence-corrected chi connectivity index (χ2v) is 3.21. The first-order valence-corrected chi connectivity index (χ1v) is 4.59. The normalized spacial score (nSPS) is 9.69. The first-order chi connectivity index (χ1) is 6.24. The van der Waals surface area contributed by atoms with E-state index in [2.05, 4.69) is 19.6 Å². The highest BCUT2D eigenvalue weighted by Crippen LogP contribution is 2.18. The minimum atomic E-state index is 0.608. The minimum absolute atomic E-state index is 0.608. The third-order valence-electron chi connectivity index (χ3n) is 1.83. The van der Waals surface area contributed by atoms with Crippen molar-refractivity contribution in [3.63, 3.8) is 0 Å². The number of aryl methyl sites for hydroxylation is 1. The van der Waals surface area contributed by atoms with Crippen molar-refractivity contribution in [1.82, 2.24) is 0 Å². The molecule has 70 valence electrons. The summed E-state index contributed by atoms with van der Waals surface area (Å²) >= 11 is 0. The highest BCUT2D eigenvalue weighted by molar-refractivity contribution is 5.33. The molecule has 0 atom stereocenters. The van der Waals surface area contributed by atoms with Crippen LogP contribution in [0.1, 0.15) is 19.4 Å². The molecule has 0 N–H and O–H groups in total. The van der Waals surface area contributed by atoms with Gasteiger partial charge in [-0.05, 0) is 30.5 Å². The Balaban J connectivity index is 2.69. The third kappa shape index (κ3) is 2.94. The van der Waals surface area contributed by atoms with Crippen molar-refractivity contribution in [2.45, 2.75) is 20.3 Å². The SMILES string of the molecule is C=C(C)COc1ccccc1CC. The summed E-state index contributed by atoms with van der Waals surface area (Å²) in [4.78, 5) is 0. The summed E-state index contributed by atoms with van der Waals surface area (Å²) in [5.41, 5.74) is 2.30. The van der Waals surface area contributed by atoms with Gasteiger partial charge >= 0.3 is 0 Å². The van der Waals surface area contributed by atoms with Crippen LogP contribution in [-0.2, 0) is 6.42 Å². The molecule has 0 saturated carbocycles. The maximum atomic E-state index is 5.59. The molecule has 0 amide bonds. The average Bonchev–Trinajstić information content (AvgIpc) is 2.15. The number of hydrogen-bond donors (Lipinski definition) is 0. The van der Waals surface area contributed by atoms with Crippen molar-refractivity contribution < 1.29 is 4.74 Å². The lowest BCUT2D eigenvalue weighted by molar-refractivity contribution is 0.349. The average molecular weight is 176 g/mol. The lowest BCUT2D eigenvalue weighted by atomic mass is 10.1. The second-order valence-electron chi connectivity index (χ2n) is 3.21. The predicted molar refractivity (Wildman–Crippen MR) is 56.1 cm³/mol. The molecule has 0 aliphatic carbocycles. The van der Waals surface area contributed by atoms with Crippen LogP contribution in [0.4, 0.5) is 0 Å². The van der Waals surface area contributed by atoms with Crippen molar-refractivity contribution in [2.75, 3.05) is 6.61 Å². The Labute approximate surface area is 80.0 Å². The molecule has 1 nitrogen and oxygen atoms in total. The third-order valence-corrected chi connectivity index (χ3v) is 1.83. The monoisotopic (exact) mass is 176 g/mol. The number of hydrogen-bond acceptors (Lipinski definition) is 1. The highest BCUT2D eigenvalue weighted by Gasteiger charge is 1.99. The maximum absolute atomic E-state index is 5.59. The van der Waals surface area contributed by atoms with Gasteiger partial charge in [0.25, 0.3) is 0 Å². The summed E-state index contributed by atoms with van der Waals surface area (Å²) in [6.07, 6.45) is 1.01. The van der Waals surface area contributed by atoms with Crippen LogP contribution in [0.15, 0.2) is 36.4 Å². The topological polar surface area (TPSA) is 9.23 Å². The lowest BCUT2D eigenvalue weighted by Gasteiger charge is -2.09. The van der Waals surface area contributed by atoms with E-state index in [4.69, 9.17) is 4.74 Å². The summed E-state index contributed by atoms with van der Waals surface area (Å²) in [6, 6.07) is 8.12. The molecule has 1 rings (SSSR count). The Morgan fingerprint density at radius 1 is 1.38 bits per heavy atom. The van der Waals surface area contributed by atoms with Crippen LogP contribution in [0.25, 0.3) is 0 Å². The van der Waals surface area contributed by atoms with Crippen molar-refractivity contribution in [1.29, 1.82) is 0 Å². The summed E-state index contributed by atoms with van der Waals surface area (Å²) in [6.45, 7) is 8.50. The van der Waals surface area contributed by atoms with Crippen molar-refractivity contribution in [3.05, 3.63) is 42.0 Å². The fraction of sp³-hybridized carbons (Fsp3) is 0.333. The number of benzene rings is 1. The lowest BCUT2D eigenvalue weighted by Crippen LogP contribution is -1.99. The molecule has 0 aromatic heterocycles. The van der Waals surface area contributed by atoms with Gasteiger partial charge in [0, 0.05) is 0 Å². The summed E-state index contributed by atoms with van der Waals surface area (Å²) < 4.78 is 5.59. The zero-order valence-corrected chi connectivity index (χ0v) is 8.34. The van der Waals surface area contributed by atoms with Gasteiger partial charge in [-0.2, -0.15) is 0 Å². The van der Waals surface area contributed by atoms with Gasteiger partial charge in [0.05, 0.1) is 0 Å². The quantitative estimate of drug-likeness (QED) is 0.640. The molecule has 0 saturated heterocycles. The Morgan fingerprint density at radius 3 is 2.69 bits per heavy atom. The van der Waals surface area contributed by atoms with E-state index in [-0.39, 0.29) is 0 Å². The van der Waals surface area contributed by atoms with Gasteiger partial charge in [-0.15, -0.1) is 0 Å². The van der Waals surface area contributed by atoms with Gasteiger partial charge in [-0.3, -0.25) is 0 Å². The van der Waals surface area contributed by atoms with E-state index in [0.29, 0.717) is 6.61 Å². The Bertz CT molecular complexity index is 289. The molecule has 13 heavy (non-hydrogen) atoms. The molecule has 0 bridgehead atoms. The molecule has 1 aromatic rings. The van der Waals surface area contributed by atoms with Gasteiger partial charge in [-0.25, -0.2) is 0 Å². The molecule has 0 unspecified atom stereocenters. The minimum Gasteiger partial charge on any atom is -0.489 e. The first kappa shape index (κ1) is 9.85. The largest absolute Gasteiger partial charge is 0.489 e. The van der Waals surface area contributed by atoms with Gasteiger partial charge in [-0.1, -0.05) is 31.7 Å². The van der Waals surface area contributed by atoms with E-state index in [1.807, 2.05) is 25.1 Å². The maximum Gasteiger partial charge on any atom is 0.122 e. The van der Waals surface area contributed by atoms with Gasteiger partial charge in [0.15, 0.2) is 0 Å². The van der Waals surface area contributed by atoms with Crippen molar-refractivity contribution >= 4 is 0 Å². The summed E-state index contributed by atoms with van der Waals surface area (Å²) in [5.74, 6) is 0.980. The van der Waals surface area contributed by atoms with Gasteiger partial charge in [0.1, 0.15) is 12.4 Å². The van der Waals surface area contributed by atoms with E-state index in [9.17, 15) is 0 Å².